The van der Waals surface area contributed by atoms with Crippen LogP contribution in [0.15, 0.2) is 0 Å². The molecule has 0 bridgehead atoms. The van der Waals surface area contributed by atoms with Gasteiger partial charge in [0.05, 0.1) is 18.4 Å². The average Bonchev–Trinajstić information content (AvgIpc) is 2.58. The lowest BCUT2D eigenvalue weighted by molar-refractivity contribution is -0.151. The van der Waals surface area contributed by atoms with Crippen molar-refractivity contribution >= 4 is 24.3 Å². The van der Waals surface area contributed by atoms with Gasteiger partial charge in [-0.15, -0.1) is 12.4 Å². The second-order valence-corrected chi connectivity index (χ2v) is 4.92. The second kappa shape index (κ2) is 5.23. The first-order valence-corrected chi connectivity index (χ1v) is 5.65. The number of likely N-dealkylation sites (tertiary alicyclic amines) is 1. The molecule has 1 atom stereocenters. The number of esters is 1. The SMILES string of the molecule is COC(=O)C1(C)CCN(C(=O)C2CNC2)C1.Cl. The van der Waals surface area contributed by atoms with Crippen molar-refractivity contribution in [3.05, 3.63) is 0 Å². The first kappa shape index (κ1) is 14.3. The van der Waals surface area contributed by atoms with Crippen LogP contribution in [0.3, 0.4) is 0 Å². The fourth-order valence-electron chi connectivity index (χ4n) is 2.28. The van der Waals surface area contributed by atoms with E-state index >= 15 is 0 Å². The largest absolute Gasteiger partial charge is 0.469 e. The summed E-state index contributed by atoms with van der Waals surface area (Å²) in [7, 11) is 1.40. The highest BCUT2D eigenvalue weighted by Crippen LogP contribution is 2.32. The molecule has 0 aromatic carbocycles. The van der Waals surface area contributed by atoms with Gasteiger partial charge >= 0.3 is 5.97 Å². The standard InChI is InChI=1S/C11H18N2O3.ClH/c1-11(10(15)16-2)3-4-13(7-11)9(14)8-5-12-6-8;/h8,12H,3-7H2,1-2H3;1H. The predicted octanol–water partition coefficient (Wildman–Crippen LogP) is 0.0392. The van der Waals surface area contributed by atoms with Gasteiger partial charge in [0, 0.05) is 26.2 Å². The van der Waals surface area contributed by atoms with Gasteiger partial charge < -0.3 is 15.0 Å². The topological polar surface area (TPSA) is 58.6 Å². The zero-order valence-electron chi connectivity index (χ0n) is 10.2. The van der Waals surface area contributed by atoms with Crippen LogP contribution in [0.1, 0.15) is 13.3 Å². The van der Waals surface area contributed by atoms with Crippen molar-refractivity contribution in [3.63, 3.8) is 0 Å². The Kier molecular flexibility index (Phi) is 4.38. The molecule has 0 spiro atoms. The van der Waals surface area contributed by atoms with E-state index in [0.29, 0.717) is 19.5 Å². The number of hydrogen-bond donors (Lipinski definition) is 1. The Morgan fingerprint density at radius 3 is 2.53 bits per heavy atom. The molecule has 2 aliphatic rings. The Bertz CT molecular complexity index is 320. The zero-order chi connectivity index (χ0) is 11.8. The van der Waals surface area contributed by atoms with Gasteiger partial charge in [0.1, 0.15) is 0 Å². The zero-order valence-corrected chi connectivity index (χ0v) is 11.0. The summed E-state index contributed by atoms with van der Waals surface area (Å²) >= 11 is 0. The van der Waals surface area contributed by atoms with Gasteiger partial charge in [0.2, 0.25) is 5.91 Å². The minimum Gasteiger partial charge on any atom is -0.469 e. The molecule has 17 heavy (non-hydrogen) atoms. The maximum absolute atomic E-state index is 12.0. The number of carbonyl (C=O) groups excluding carboxylic acids is 2. The molecule has 1 amide bonds. The summed E-state index contributed by atoms with van der Waals surface area (Å²) in [5.74, 6) is 0.0703. The van der Waals surface area contributed by atoms with Crippen molar-refractivity contribution in [1.29, 1.82) is 0 Å². The van der Waals surface area contributed by atoms with Crippen LogP contribution in [0.2, 0.25) is 0 Å². The van der Waals surface area contributed by atoms with E-state index in [0.717, 1.165) is 13.1 Å². The lowest BCUT2D eigenvalue weighted by atomic mass is 9.90. The molecule has 5 nitrogen and oxygen atoms in total. The number of rotatable bonds is 2. The minimum absolute atomic E-state index is 0. The number of halogens is 1. The highest BCUT2D eigenvalue weighted by molar-refractivity contribution is 5.85. The van der Waals surface area contributed by atoms with Crippen molar-refractivity contribution in [2.75, 3.05) is 33.3 Å². The summed E-state index contributed by atoms with van der Waals surface area (Å²) in [6.07, 6.45) is 0.700. The average molecular weight is 263 g/mol. The third-order valence-corrected chi connectivity index (χ3v) is 3.59. The van der Waals surface area contributed by atoms with Gasteiger partial charge in [-0.05, 0) is 13.3 Å². The van der Waals surface area contributed by atoms with Crippen molar-refractivity contribution in [3.8, 4) is 0 Å². The van der Waals surface area contributed by atoms with Crippen LogP contribution in [0.5, 0.6) is 0 Å². The Hall–Kier alpha value is -0.810. The van der Waals surface area contributed by atoms with Crippen LogP contribution < -0.4 is 5.32 Å². The maximum Gasteiger partial charge on any atom is 0.313 e. The van der Waals surface area contributed by atoms with E-state index in [-0.39, 0.29) is 30.2 Å². The third kappa shape index (κ3) is 2.55. The molecule has 2 fully saturated rings. The van der Waals surface area contributed by atoms with Crippen molar-refractivity contribution < 1.29 is 14.3 Å². The highest BCUT2D eigenvalue weighted by Gasteiger charge is 2.44. The maximum atomic E-state index is 12.0. The molecule has 2 aliphatic heterocycles. The van der Waals surface area contributed by atoms with E-state index < -0.39 is 5.41 Å². The number of carbonyl (C=O) groups is 2. The summed E-state index contributed by atoms with van der Waals surface area (Å²) in [4.78, 5) is 25.3. The van der Waals surface area contributed by atoms with E-state index in [1.54, 1.807) is 4.90 Å². The summed E-state index contributed by atoms with van der Waals surface area (Å²) < 4.78 is 4.78. The number of amides is 1. The molecule has 98 valence electrons. The summed E-state index contributed by atoms with van der Waals surface area (Å²) in [6, 6.07) is 0. The van der Waals surface area contributed by atoms with E-state index in [9.17, 15) is 9.59 Å². The van der Waals surface area contributed by atoms with Gasteiger partial charge in [0.15, 0.2) is 0 Å². The van der Waals surface area contributed by atoms with E-state index in [4.69, 9.17) is 4.74 Å². The van der Waals surface area contributed by atoms with Crippen LogP contribution in [-0.2, 0) is 14.3 Å². The number of hydrogen-bond acceptors (Lipinski definition) is 4. The Morgan fingerprint density at radius 1 is 1.41 bits per heavy atom. The third-order valence-electron chi connectivity index (χ3n) is 3.59. The number of nitrogens with one attached hydrogen (secondary N) is 1. The molecule has 0 aromatic rings. The summed E-state index contributed by atoms with van der Waals surface area (Å²) in [5, 5.41) is 3.08. The summed E-state index contributed by atoms with van der Waals surface area (Å²) in [6.45, 7) is 4.57. The Morgan fingerprint density at radius 2 is 2.06 bits per heavy atom. The molecule has 0 aliphatic carbocycles. The quantitative estimate of drug-likeness (QED) is 0.714. The normalized spacial score (nSPS) is 28.2. The monoisotopic (exact) mass is 262 g/mol. The molecule has 0 aromatic heterocycles. The predicted molar refractivity (Wildman–Crippen MR) is 64.9 cm³/mol. The Labute approximate surface area is 107 Å². The van der Waals surface area contributed by atoms with Gasteiger partial charge in [-0.1, -0.05) is 0 Å². The fraction of sp³-hybridized carbons (Fsp3) is 0.818. The molecule has 2 rings (SSSR count). The summed E-state index contributed by atoms with van der Waals surface area (Å²) in [5.41, 5.74) is -0.512. The second-order valence-electron chi connectivity index (χ2n) is 4.92. The first-order chi connectivity index (χ1) is 7.57. The lowest BCUT2D eigenvalue weighted by Gasteiger charge is -2.30. The molecule has 1 N–H and O–H groups in total. The van der Waals surface area contributed by atoms with Crippen LogP contribution in [0.4, 0.5) is 0 Å². The van der Waals surface area contributed by atoms with Gasteiger partial charge in [-0.2, -0.15) is 0 Å². The molecule has 2 saturated heterocycles. The molecule has 6 heteroatoms. The number of methoxy groups -OCH3 is 1. The molecule has 0 saturated carbocycles. The van der Waals surface area contributed by atoms with Gasteiger partial charge in [0.25, 0.3) is 0 Å². The van der Waals surface area contributed by atoms with Crippen LogP contribution >= 0.6 is 12.4 Å². The smallest absolute Gasteiger partial charge is 0.313 e. The van der Waals surface area contributed by atoms with E-state index in [1.165, 1.54) is 7.11 Å². The molecular formula is C11H19ClN2O3. The van der Waals surface area contributed by atoms with Crippen LogP contribution in [0.25, 0.3) is 0 Å². The number of nitrogens with zero attached hydrogens (tertiary/aromatic N) is 1. The molecular weight excluding hydrogens is 244 g/mol. The Balaban J connectivity index is 0.00000144. The number of ether oxygens (including phenoxy) is 1. The van der Waals surface area contributed by atoms with Gasteiger partial charge in [-0.3, -0.25) is 9.59 Å². The fourth-order valence-corrected chi connectivity index (χ4v) is 2.28. The van der Waals surface area contributed by atoms with Crippen molar-refractivity contribution in [2.24, 2.45) is 11.3 Å². The highest BCUT2D eigenvalue weighted by atomic mass is 35.5. The molecule has 0 radical (unpaired) electrons. The van der Waals surface area contributed by atoms with Crippen LogP contribution in [0, 0.1) is 11.3 Å². The van der Waals surface area contributed by atoms with E-state index in [1.807, 2.05) is 6.92 Å². The van der Waals surface area contributed by atoms with E-state index in [2.05, 4.69) is 5.32 Å². The first-order valence-electron chi connectivity index (χ1n) is 5.65. The van der Waals surface area contributed by atoms with Crippen molar-refractivity contribution in [2.45, 2.75) is 13.3 Å². The lowest BCUT2D eigenvalue weighted by Crippen LogP contribution is -2.52. The minimum atomic E-state index is -0.512. The molecule has 2 heterocycles. The van der Waals surface area contributed by atoms with Gasteiger partial charge in [-0.25, -0.2) is 0 Å². The van der Waals surface area contributed by atoms with Crippen molar-refractivity contribution in [1.82, 2.24) is 10.2 Å². The molecule has 1 unspecified atom stereocenters. The van der Waals surface area contributed by atoms with Crippen LogP contribution in [-0.4, -0.2) is 50.1 Å².